The topological polar surface area (TPSA) is 62.4 Å². The molecule has 0 spiro atoms. The highest BCUT2D eigenvalue weighted by Gasteiger charge is 2.37. The number of nitrogens with zero attached hydrogens (tertiary/aromatic N) is 2. The quantitative estimate of drug-likeness (QED) is 0.860. The van der Waals surface area contributed by atoms with Gasteiger partial charge in [-0.25, -0.2) is 9.37 Å². The second-order valence-corrected chi connectivity index (χ2v) is 5.08. The molecular formula is C9H15ClFN3OS. The van der Waals surface area contributed by atoms with Gasteiger partial charge in [0.15, 0.2) is 5.13 Å². The third-order valence-electron chi connectivity index (χ3n) is 2.62. The van der Waals surface area contributed by atoms with Crippen molar-refractivity contribution in [1.29, 1.82) is 0 Å². The molecule has 3 N–H and O–H groups in total. The van der Waals surface area contributed by atoms with Gasteiger partial charge in [-0.2, -0.15) is 0 Å². The number of nitrogen functional groups attached to an aromatic ring is 1. The monoisotopic (exact) mass is 267 g/mol. The van der Waals surface area contributed by atoms with E-state index in [2.05, 4.69) is 4.98 Å². The van der Waals surface area contributed by atoms with Gasteiger partial charge in [0, 0.05) is 30.7 Å². The predicted molar refractivity (Wildman–Crippen MR) is 64.6 cm³/mol. The van der Waals surface area contributed by atoms with Gasteiger partial charge in [0.1, 0.15) is 5.67 Å². The second kappa shape index (κ2) is 5.27. The van der Waals surface area contributed by atoms with Crippen LogP contribution in [0.5, 0.6) is 0 Å². The summed E-state index contributed by atoms with van der Waals surface area (Å²) in [5, 5.41) is 9.42. The highest BCUT2D eigenvalue weighted by molar-refractivity contribution is 7.15. The van der Waals surface area contributed by atoms with Gasteiger partial charge in [0.05, 0.1) is 6.61 Å². The lowest BCUT2D eigenvalue weighted by atomic mass is 10.1. The minimum Gasteiger partial charge on any atom is -0.393 e. The summed E-state index contributed by atoms with van der Waals surface area (Å²) >= 11 is 1.42. The summed E-state index contributed by atoms with van der Waals surface area (Å²) in [7, 11) is 0. The predicted octanol–water partition coefficient (Wildman–Crippen LogP) is 1.05. The number of aliphatic hydroxyl groups excluding tert-OH is 1. The number of rotatable bonds is 3. The molecule has 16 heavy (non-hydrogen) atoms. The van der Waals surface area contributed by atoms with Crippen molar-refractivity contribution in [2.45, 2.75) is 18.6 Å². The van der Waals surface area contributed by atoms with Gasteiger partial charge in [-0.1, -0.05) is 0 Å². The van der Waals surface area contributed by atoms with Crippen LogP contribution in [0.4, 0.5) is 9.52 Å². The SMILES string of the molecule is Cl.Nc1ncc(CN2CCC(F)(CO)C2)s1. The van der Waals surface area contributed by atoms with Crippen LogP contribution in [0.2, 0.25) is 0 Å². The Morgan fingerprint density at radius 2 is 2.44 bits per heavy atom. The van der Waals surface area contributed by atoms with Crippen LogP contribution in [0.15, 0.2) is 6.20 Å². The number of likely N-dealkylation sites (tertiary alicyclic amines) is 1. The first-order valence-electron chi connectivity index (χ1n) is 4.84. The summed E-state index contributed by atoms with van der Waals surface area (Å²) in [6.07, 6.45) is 2.12. The molecule has 0 bridgehead atoms. The molecule has 0 amide bonds. The van der Waals surface area contributed by atoms with E-state index in [0.29, 0.717) is 31.2 Å². The van der Waals surface area contributed by atoms with Gasteiger partial charge in [-0.3, -0.25) is 4.90 Å². The van der Waals surface area contributed by atoms with Crippen LogP contribution < -0.4 is 5.73 Å². The largest absolute Gasteiger partial charge is 0.393 e. The van der Waals surface area contributed by atoms with Crippen molar-refractivity contribution in [3.63, 3.8) is 0 Å². The zero-order valence-electron chi connectivity index (χ0n) is 8.73. The van der Waals surface area contributed by atoms with Gasteiger partial charge in [-0.15, -0.1) is 23.7 Å². The lowest BCUT2D eigenvalue weighted by molar-refractivity contribution is 0.0770. The average molecular weight is 268 g/mol. The third-order valence-corrected chi connectivity index (χ3v) is 3.43. The van der Waals surface area contributed by atoms with Gasteiger partial charge in [0.2, 0.25) is 0 Å². The van der Waals surface area contributed by atoms with Crippen molar-refractivity contribution < 1.29 is 9.50 Å². The number of aromatic nitrogens is 1. The molecule has 2 heterocycles. The average Bonchev–Trinajstić information content (AvgIpc) is 2.76. The molecule has 4 nitrogen and oxygen atoms in total. The molecule has 1 aromatic rings. The molecule has 0 radical (unpaired) electrons. The third kappa shape index (κ3) is 3.04. The number of thiazole rings is 1. The fraction of sp³-hybridized carbons (Fsp3) is 0.667. The lowest BCUT2D eigenvalue weighted by Crippen LogP contribution is -2.32. The van der Waals surface area contributed by atoms with E-state index in [1.807, 2.05) is 4.90 Å². The van der Waals surface area contributed by atoms with E-state index < -0.39 is 12.3 Å². The van der Waals surface area contributed by atoms with Gasteiger partial charge in [0.25, 0.3) is 0 Å². The second-order valence-electron chi connectivity index (χ2n) is 3.93. The molecule has 1 aliphatic heterocycles. The van der Waals surface area contributed by atoms with E-state index >= 15 is 0 Å². The van der Waals surface area contributed by atoms with Crippen molar-refractivity contribution in [1.82, 2.24) is 9.88 Å². The van der Waals surface area contributed by atoms with Gasteiger partial charge in [-0.05, 0) is 6.42 Å². The first-order valence-corrected chi connectivity index (χ1v) is 5.65. The van der Waals surface area contributed by atoms with E-state index in [1.165, 1.54) is 11.3 Å². The van der Waals surface area contributed by atoms with E-state index in [1.54, 1.807) is 6.20 Å². The van der Waals surface area contributed by atoms with Crippen LogP contribution in [-0.4, -0.2) is 40.4 Å². The normalized spacial score (nSPS) is 25.6. The highest BCUT2D eigenvalue weighted by atomic mass is 35.5. The summed E-state index contributed by atoms with van der Waals surface area (Å²) in [5.41, 5.74) is 4.09. The maximum Gasteiger partial charge on any atom is 0.180 e. The molecule has 2 rings (SSSR count). The summed E-state index contributed by atoms with van der Waals surface area (Å²) in [5.74, 6) is 0. The molecule has 0 aliphatic carbocycles. The standard InChI is InChI=1S/C9H14FN3OS.ClH/c10-9(6-14)1-2-13(5-9)4-7-3-12-8(11)15-7;/h3,14H,1-2,4-6H2,(H2,11,12);1H. The summed E-state index contributed by atoms with van der Waals surface area (Å²) in [6.45, 7) is 1.24. The Morgan fingerprint density at radius 3 is 2.94 bits per heavy atom. The Hall–Kier alpha value is -0.430. The van der Waals surface area contributed by atoms with Crippen LogP contribution in [-0.2, 0) is 6.54 Å². The van der Waals surface area contributed by atoms with Crippen LogP contribution in [0.1, 0.15) is 11.3 Å². The zero-order valence-corrected chi connectivity index (χ0v) is 10.4. The Bertz CT molecular complexity index is 351. The number of alkyl halides is 1. The fourth-order valence-electron chi connectivity index (χ4n) is 1.80. The summed E-state index contributed by atoms with van der Waals surface area (Å²) in [4.78, 5) is 6.95. The molecular weight excluding hydrogens is 253 g/mol. The highest BCUT2D eigenvalue weighted by Crippen LogP contribution is 2.27. The minimum atomic E-state index is -1.42. The molecule has 0 aromatic carbocycles. The molecule has 1 unspecified atom stereocenters. The molecule has 1 aromatic heterocycles. The molecule has 1 atom stereocenters. The Labute approximate surface area is 104 Å². The van der Waals surface area contributed by atoms with Crippen molar-refractivity contribution in [2.75, 3.05) is 25.4 Å². The first-order chi connectivity index (χ1) is 7.11. The smallest absolute Gasteiger partial charge is 0.180 e. The molecule has 1 saturated heterocycles. The summed E-state index contributed by atoms with van der Waals surface area (Å²) < 4.78 is 13.7. The van der Waals surface area contributed by atoms with E-state index in [9.17, 15) is 4.39 Å². The molecule has 1 aliphatic rings. The number of aliphatic hydroxyl groups is 1. The first kappa shape index (κ1) is 13.6. The molecule has 92 valence electrons. The lowest BCUT2D eigenvalue weighted by Gasteiger charge is -2.17. The van der Waals surface area contributed by atoms with E-state index in [4.69, 9.17) is 10.8 Å². The molecule has 1 fully saturated rings. The van der Waals surface area contributed by atoms with Gasteiger partial charge < -0.3 is 10.8 Å². The maximum atomic E-state index is 13.7. The Balaban J connectivity index is 0.00000128. The number of hydrogen-bond donors (Lipinski definition) is 2. The van der Waals surface area contributed by atoms with Crippen LogP contribution >= 0.6 is 23.7 Å². The Morgan fingerprint density at radius 1 is 1.69 bits per heavy atom. The minimum absolute atomic E-state index is 0. The zero-order chi connectivity index (χ0) is 10.9. The van der Waals surface area contributed by atoms with E-state index in [-0.39, 0.29) is 12.4 Å². The number of halogens is 2. The van der Waals surface area contributed by atoms with Crippen LogP contribution in [0.25, 0.3) is 0 Å². The van der Waals surface area contributed by atoms with E-state index in [0.717, 1.165) is 4.88 Å². The molecule has 7 heteroatoms. The van der Waals surface area contributed by atoms with Crippen molar-refractivity contribution in [3.05, 3.63) is 11.1 Å². The van der Waals surface area contributed by atoms with Crippen molar-refractivity contribution >= 4 is 28.9 Å². The van der Waals surface area contributed by atoms with Gasteiger partial charge >= 0.3 is 0 Å². The fourth-order valence-corrected chi connectivity index (χ4v) is 2.52. The van der Waals surface area contributed by atoms with Crippen LogP contribution in [0, 0.1) is 0 Å². The Kier molecular flexibility index (Phi) is 4.49. The number of nitrogens with two attached hydrogens (primary N) is 1. The van der Waals surface area contributed by atoms with Crippen LogP contribution in [0.3, 0.4) is 0 Å². The molecule has 0 saturated carbocycles. The van der Waals surface area contributed by atoms with Crippen molar-refractivity contribution in [3.8, 4) is 0 Å². The number of anilines is 1. The maximum absolute atomic E-state index is 13.7. The van der Waals surface area contributed by atoms with Crippen molar-refractivity contribution in [2.24, 2.45) is 0 Å². The number of hydrogen-bond acceptors (Lipinski definition) is 5. The summed E-state index contributed by atoms with van der Waals surface area (Å²) in [6, 6.07) is 0.